The number of nitrogens with one attached hydrogen (secondary N) is 2. The Labute approximate surface area is 172 Å². The van der Waals surface area contributed by atoms with Gasteiger partial charge in [-0.25, -0.2) is 9.07 Å². The van der Waals surface area contributed by atoms with Crippen molar-refractivity contribution >= 4 is 35.1 Å². The van der Waals surface area contributed by atoms with Gasteiger partial charge in [0.15, 0.2) is 0 Å². The van der Waals surface area contributed by atoms with Crippen LogP contribution in [0.4, 0.5) is 16.3 Å². The summed E-state index contributed by atoms with van der Waals surface area (Å²) in [5.74, 6) is 0.0134. The minimum atomic E-state index is -0.324. The number of halogens is 2. The Morgan fingerprint density at radius 1 is 1.17 bits per heavy atom. The van der Waals surface area contributed by atoms with Gasteiger partial charge < -0.3 is 5.32 Å². The molecule has 1 amide bonds. The minimum absolute atomic E-state index is 0.169. The van der Waals surface area contributed by atoms with Gasteiger partial charge in [0.2, 0.25) is 11.9 Å². The summed E-state index contributed by atoms with van der Waals surface area (Å²) in [7, 11) is 0. The topological polar surface area (TPSA) is 71.8 Å². The van der Waals surface area contributed by atoms with Crippen LogP contribution in [-0.2, 0) is 4.79 Å². The van der Waals surface area contributed by atoms with E-state index in [-0.39, 0.29) is 29.6 Å². The lowest BCUT2D eigenvalue weighted by molar-refractivity contribution is -0.118. The molecule has 2 heterocycles. The summed E-state index contributed by atoms with van der Waals surface area (Å²) in [5.41, 5.74) is 2.58. The van der Waals surface area contributed by atoms with Gasteiger partial charge in [0.05, 0.1) is 0 Å². The highest BCUT2D eigenvalue weighted by Crippen LogP contribution is 2.33. The standard InChI is InChI=1S/C21H19ClFN5O/c1-12(2)19(29)25-20-26-21-24-17(13-3-7-15(22)8-4-13)11-18(28(21)27-20)14-5-9-16(23)10-6-14/h3-12,18H,1-2H3,(H2,24,25,26,27,29)/t18-/m1/s1. The maximum Gasteiger partial charge on any atom is 0.250 e. The quantitative estimate of drug-likeness (QED) is 0.651. The molecule has 0 saturated carbocycles. The maximum absolute atomic E-state index is 13.4. The van der Waals surface area contributed by atoms with Crippen molar-refractivity contribution in [3.8, 4) is 0 Å². The molecule has 0 radical (unpaired) electrons. The van der Waals surface area contributed by atoms with E-state index in [1.165, 1.54) is 12.1 Å². The van der Waals surface area contributed by atoms with Gasteiger partial charge in [-0.15, -0.1) is 5.10 Å². The van der Waals surface area contributed by atoms with Crippen LogP contribution in [0.1, 0.15) is 31.0 Å². The third-order valence-corrected chi connectivity index (χ3v) is 4.84. The van der Waals surface area contributed by atoms with Gasteiger partial charge in [-0.05, 0) is 41.5 Å². The summed E-state index contributed by atoms with van der Waals surface area (Å²) in [6.07, 6.45) is 1.98. The van der Waals surface area contributed by atoms with E-state index in [4.69, 9.17) is 11.6 Å². The number of fused-ring (bicyclic) bond motifs is 1. The zero-order chi connectivity index (χ0) is 20.5. The zero-order valence-corrected chi connectivity index (χ0v) is 16.6. The van der Waals surface area contributed by atoms with Crippen LogP contribution >= 0.6 is 11.6 Å². The van der Waals surface area contributed by atoms with Crippen LogP contribution in [0.25, 0.3) is 5.70 Å². The van der Waals surface area contributed by atoms with Crippen molar-refractivity contribution in [3.05, 3.63) is 76.6 Å². The first-order valence-corrected chi connectivity index (χ1v) is 9.56. The molecule has 0 unspecified atom stereocenters. The number of rotatable bonds is 4. The van der Waals surface area contributed by atoms with Gasteiger partial charge in [0, 0.05) is 16.6 Å². The van der Waals surface area contributed by atoms with E-state index < -0.39 is 0 Å². The molecule has 1 aromatic heterocycles. The number of hydrogen-bond acceptors (Lipinski definition) is 4. The molecule has 0 saturated heterocycles. The Balaban J connectivity index is 1.75. The molecular formula is C21H19ClFN5O. The summed E-state index contributed by atoms with van der Waals surface area (Å²) >= 11 is 6.01. The van der Waals surface area contributed by atoms with E-state index in [9.17, 15) is 9.18 Å². The van der Waals surface area contributed by atoms with E-state index in [2.05, 4.69) is 20.7 Å². The van der Waals surface area contributed by atoms with E-state index in [0.717, 1.165) is 16.8 Å². The second kappa shape index (κ2) is 7.67. The molecule has 0 aliphatic carbocycles. The molecule has 2 N–H and O–H groups in total. The normalized spacial score (nSPS) is 15.5. The van der Waals surface area contributed by atoms with Crippen LogP contribution < -0.4 is 10.6 Å². The van der Waals surface area contributed by atoms with Crippen molar-refractivity contribution in [1.82, 2.24) is 14.8 Å². The first kappa shape index (κ1) is 19.1. The van der Waals surface area contributed by atoms with Crippen LogP contribution in [0.2, 0.25) is 5.02 Å². The molecule has 6 nitrogen and oxygen atoms in total. The Morgan fingerprint density at radius 2 is 1.86 bits per heavy atom. The third kappa shape index (κ3) is 4.00. The van der Waals surface area contributed by atoms with Gasteiger partial charge in [-0.2, -0.15) is 4.98 Å². The third-order valence-electron chi connectivity index (χ3n) is 4.59. The average molecular weight is 412 g/mol. The van der Waals surface area contributed by atoms with Crippen molar-refractivity contribution in [2.75, 3.05) is 10.6 Å². The fourth-order valence-electron chi connectivity index (χ4n) is 3.00. The van der Waals surface area contributed by atoms with Crippen LogP contribution in [0, 0.1) is 11.7 Å². The zero-order valence-electron chi connectivity index (χ0n) is 15.9. The Hall–Kier alpha value is -3.19. The first-order valence-electron chi connectivity index (χ1n) is 9.18. The smallest absolute Gasteiger partial charge is 0.250 e. The number of hydrogen-bond donors (Lipinski definition) is 2. The monoisotopic (exact) mass is 411 g/mol. The van der Waals surface area contributed by atoms with Crippen molar-refractivity contribution in [1.29, 1.82) is 0 Å². The molecule has 2 aromatic carbocycles. The van der Waals surface area contributed by atoms with Gasteiger partial charge in [-0.3, -0.25) is 10.1 Å². The number of anilines is 2. The molecule has 1 atom stereocenters. The first-order chi connectivity index (χ1) is 13.9. The molecule has 3 aromatic rings. The average Bonchev–Trinajstić information content (AvgIpc) is 3.10. The number of carbonyl (C=O) groups is 1. The lowest BCUT2D eigenvalue weighted by atomic mass is 10.0. The van der Waals surface area contributed by atoms with Crippen molar-refractivity contribution < 1.29 is 9.18 Å². The predicted molar refractivity (Wildman–Crippen MR) is 111 cm³/mol. The Morgan fingerprint density at radius 3 is 2.52 bits per heavy atom. The minimum Gasteiger partial charge on any atom is -0.324 e. The van der Waals surface area contributed by atoms with Gasteiger partial charge in [-0.1, -0.05) is 49.7 Å². The number of nitrogens with zero attached hydrogens (tertiary/aromatic N) is 3. The van der Waals surface area contributed by atoms with Crippen LogP contribution in [0.15, 0.2) is 54.6 Å². The number of amides is 1. The molecule has 1 aliphatic heterocycles. The summed E-state index contributed by atoms with van der Waals surface area (Å²) in [6, 6.07) is 13.3. The van der Waals surface area contributed by atoms with Gasteiger partial charge >= 0.3 is 0 Å². The lowest BCUT2D eigenvalue weighted by Crippen LogP contribution is -2.20. The SMILES string of the molecule is CC(C)C(=O)Nc1nc2n(n1)[C@@H](c1ccc(F)cc1)C=C(c1ccc(Cl)cc1)N2. The van der Waals surface area contributed by atoms with Gasteiger partial charge in [0.1, 0.15) is 11.9 Å². The molecule has 0 spiro atoms. The van der Waals surface area contributed by atoms with Crippen molar-refractivity contribution in [2.24, 2.45) is 5.92 Å². The largest absolute Gasteiger partial charge is 0.324 e. The highest BCUT2D eigenvalue weighted by atomic mass is 35.5. The number of carbonyl (C=O) groups excluding carboxylic acids is 1. The Kier molecular flexibility index (Phi) is 5.07. The Bertz CT molecular complexity index is 1070. The molecule has 29 heavy (non-hydrogen) atoms. The second-order valence-corrected chi connectivity index (χ2v) is 7.49. The molecule has 0 bridgehead atoms. The summed E-state index contributed by atoms with van der Waals surface area (Å²) in [6.45, 7) is 3.59. The van der Waals surface area contributed by atoms with Crippen molar-refractivity contribution in [2.45, 2.75) is 19.9 Å². The number of allylic oxidation sites excluding steroid dienone is 1. The van der Waals surface area contributed by atoms with E-state index in [1.54, 1.807) is 42.8 Å². The number of benzene rings is 2. The molecule has 0 fully saturated rings. The highest BCUT2D eigenvalue weighted by molar-refractivity contribution is 6.30. The fraction of sp³-hybridized carbons (Fsp3) is 0.190. The molecule has 148 valence electrons. The lowest BCUT2D eigenvalue weighted by Gasteiger charge is -2.24. The highest BCUT2D eigenvalue weighted by Gasteiger charge is 2.26. The second-order valence-electron chi connectivity index (χ2n) is 7.06. The molecule has 1 aliphatic rings. The van der Waals surface area contributed by atoms with E-state index >= 15 is 0 Å². The van der Waals surface area contributed by atoms with Gasteiger partial charge in [0.25, 0.3) is 5.95 Å². The number of aromatic nitrogens is 3. The maximum atomic E-state index is 13.4. The van der Waals surface area contributed by atoms with E-state index in [1.807, 2.05) is 18.2 Å². The van der Waals surface area contributed by atoms with Crippen LogP contribution in [-0.4, -0.2) is 20.7 Å². The van der Waals surface area contributed by atoms with E-state index in [0.29, 0.717) is 11.0 Å². The van der Waals surface area contributed by atoms with Crippen molar-refractivity contribution in [3.63, 3.8) is 0 Å². The van der Waals surface area contributed by atoms with Crippen LogP contribution in [0.5, 0.6) is 0 Å². The molecule has 8 heteroatoms. The molecular weight excluding hydrogens is 393 g/mol. The predicted octanol–water partition coefficient (Wildman–Crippen LogP) is 4.72. The summed E-state index contributed by atoms with van der Waals surface area (Å²) in [4.78, 5) is 16.5. The summed E-state index contributed by atoms with van der Waals surface area (Å²) < 4.78 is 15.1. The fourth-order valence-corrected chi connectivity index (χ4v) is 3.12. The summed E-state index contributed by atoms with van der Waals surface area (Å²) in [5, 5.41) is 11.1. The van der Waals surface area contributed by atoms with Crippen LogP contribution in [0.3, 0.4) is 0 Å². The molecule has 4 rings (SSSR count).